The lowest BCUT2D eigenvalue weighted by Gasteiger charge is -2.17. The van der Waals surface area contributed by atoms with Crippen LogP contribution in [0.15, 0.2) is 48.5 Å². The zero-order valence-electron chi connectivity index (χ0n) is 13.9. The minimum Gasteiger partial charge on any atom is -0.449 e. The van der Waals surface area contributed by atoms with E-state index in [1.54, 1.807) is 0 Å². The molecule has 124 valence electrons. The van der Waals surface area contributed by atoms with Crippen molar-refractivity contribution in [2.75, 3.05) is 6.61 Å². The first-order chi connectivity index (χ1) is 11.6. The summed E-state index contributed by atoms with van der Waals surface area (Å²) in [6.07, 6.45) is 0.0124. The van der Waals surface area contributed by atoms with Gasteiger partial charge in [0, 0.05) is 5.92 Å². The predicted molar refractivity (Wildman–Crippen MR) is 93.0 cm³/mol. The number of ketones is 1. The summed E-state index contributed by atoms with van der Waals surface area (Å²) in [5.74, 6) is -0.0356. The van der Waals surface area contributed by atoms with E-state index < -0.39 is 12.1 Å². The first-order valence-corrected chi connectivity index (χ1v) is 8.23. The fourth-order valence-electron chi connectivity index (χ4n) is 3.27. The summed E-state index contributed by atoms with van der Waals surface area (Å²) in [4.78, 5) is 23.4. The van der Waals surface area contributed by atoms with Crippen molar-refractivity contribution in [3.63, 3.8) is 0 Å². The van der Waals surface area contributed by atoms with Crippen molar-refractivity contribution in [3.8, 4) is 11.1 Å². The van der Waals surface area contributed by atoms with Gasteiger partial charge in [-0.05, 0) is 35.6 Å². The second-order valence-corrected chi connectivity index (χ2v) is 6.04. The summed E-state index contributed by atoms with van der Waals surface area (Å²) in [6, 6.07) is 15.9. The van der Waals surface area contributed by atoms with Crippen LogP contribution in [0, 0.1) is 0 Å². The van der Waals surface area contributed by atoms with Crippen LogP contribution in [-0.4, -0.2) is 24.5 Å². The lowest BCUT2D eigenvalue weighted by atomic mass is 9.98. The zero-order valence-corrected chi connectivity index (χ0v) is 13.9. The molecule has 0 bridgehead atoms. The second-order valence-electron chi connectivity index (χ2n) is 6.04. The van der Waals surface area contributed by atoms with Crippen LogP contribution in [-0.2, 0) is 9.53 Å². The number of nitrogens with one attached hydrogen (secondary N) is 1. The van der Waals surface area contributed by atoms with Crippen LogP contribution in [0.5, 0.6) is 0 Å². The molecule has 1 aliphatic rings. The molecule has 1 aliphatic carbocycles. The highest BCUT2D eigenvalue weighted by Gasteiger charge is 2.29. The molecule has 1 atom stereocenters. The normalized spacial score (nSPS) is 13.8. The number of ether oxygens (including phenoxy) is 1. The minimum absolute atomic E-state index is 0.0283. The third-order valence-corrected chi connectivity index (χ3v) is 4.53. The number of amides is 1. The lowest BCUT2D eigenvalue weighted by Crippen LogP contribution is -2.39. The first kappa shape index (κ1) is 16.2. The van der Waals surface area contributed by atoms with Gasteiger partial charge in [-0.3, -0.25) is 4.79 Å². The average molecular weight is 323 g/mol. The van der Waals surface area contributed by atoms with E-state index in [9.17, 15) is 9.59 Å². The van der Waals surface area contributed by atoms with Gasteiger partial charge in [-0.25, -0.2) is 4.79 Å². The Labute approximate surface area is 141 Å². The fourth-order valence-corrected chi connectivity index (χ4v) is 3.27. The van der Waals surface area contributed by atoms with Gasteiger partial charge in [-0.2, -0.15) is 0 Å². The Hall–Kier alpha value is -2.62. The summed E-state index contributed by atoms with van der Waals surface area (Å²) in [6.45, 7) is 3.59. The molecule has 0 saturated heterocycles. The van der Waals surface area contributed by atoms with Crippen LogP contribution in [0.4, 0.5) is 4.79 Å². The van der Waals surface area contributed by atoms with Gasteiger partial charge < -0.3 is 10.1 Å². The molecule has 0 saturated carbocycles. The number of carbonyl (C=O) groups is 2. The molecule has 4 nitrogen and oxygen atoms in total. The predicted octanol–water partition coefficient (Wildman–Crippen LogP) is 3.89. The van der Waals surface area contributed by atoms with Crippen molar-refractivity contribution in [2.45, 2.75) is 32.2 Å². The topological polar surface area (TPSA) is 55.4 Å². The maximum absolute atomic E-state index is 12.0. The Morgan fingerprint density at radius 1 is 1.04 bits per heavy atom. The quantitative estimate of drug-likeness (QED) is 0.908. The van der Waals surface area contributed by atoms with Gasteiger partial charge in [-0.15, -0.1) is 0 Å². The van der Waals surface area contributed by atoms with Crippen molar-refractivity contribution in [2.24, 2.45) is 0 Å². The van der Waals surface area contributed by atoms with Gasteiger partial charge >= 0.3 is 6.09 Å². The largest absolute Gasteiger partial charge is 0.449 e. The third-order valence-electron chi connectivity index (χ3n) is 4.53. The molecule has 24 heavy (non-hydrogen) atoms. The van der Waals surface area contributed by atoms with Crippen molar-refractivity contribution in [1.29, 1.82) is 0 Å². The molecule has 3 rings (SSSR count). The number of Topliss-reactive ketones (excluding diaryl/α,β-unsaturated/α-hetero) is 1. The maximum Gasteiger partial charge on any atom is 0.407 e. The van der Waals surface area contributed by atoms with Crippen molar-refractivity contribution in [1.82, 2.24) is 5.32 Å². The van der Waals surface area contributed by atoms with E-state index in [-0.39, 0.29) is 18.3 Å². The standard InChI is InChI=1S/C20H21NO3/c1-3-19(13(2)22)21-20(23)24-12-18-16-10-6-4-8-14(16)15-9-5-7-11-17(15)18/h4-11,18-19H,3,12H2,1-2H3,(H,21,23). The average Bonchev–Trinajstić information content (AvgIpc) is 2.91. The summed E-state index contributed by atoms with van der Waals surface area (Å²) in [5, 5.41) is 2.63. The van der Waals surface area contributed by atoms with Crippen LogP contribution in [0.1, 0.15) is 37.3 Å². The van der Waals surface area contributed by atoms with Crippen molar-refractivity contribution in [3.05, 3.63) is 59.7 Å². The zero-order chi connectivity index (χ0) is 17.1. The number of rotatable bonds is 5. The molecule has 1 unspecified atom stereocenters. The third kappa shape index (κ3) is 3.04. The molecule has 0 spiro atoms. The van der Waals surface area contributed by atoms with E-state index in [1.807, 2.05) is 31.2 Å². The first-order valence-electron chi connectivity index (χ1n) is 8.23. The summed E-state index contributed by atoms with van der Waals surface area (Å²) in [5.41, 5.74) is 4.73. The van der Waals surface area contributed by atoms with Gasteiger partial charge in [0.25, 0.3) is 0 Å². The van der Waals surface area contributed by atoms with E-state index in [0.717, 1.165) is 0 Å². The number of hydrogen-bond acceptors (Lipinski definition) is 3. The summed E-state index contributed by atoms with van der Waals surface area (Å²) < 4.78 is 5.42. The van der Waals surface area contributed by atoms with E-state index in [4.69, 9.17) is 4.74 Å². The Bertz CT molecular complexity index is 723. The molecule has 0 aromatic heterocycles. The maximum atomic E-state index is 12.0. The molecular formula is C20H21NO3. The van der Waals surface area contributed by atoms with E-state index in [0.29, 0.717) is 6.42 Å². The van der Waals surface area contributed by atoms with E-state index >= 15 is 0 Å². The van der Waals surface area contributed by atoms with Gasteiger partial charge in [0.1, 0.15) is 6.61 Å². The molecule has 2 aromatic rings. The van der Waals surface area contributed by atoms with E-state index in [2.05, 4.69) is 29.6 Å². The Kier molecular flexibility index (Phi) is 4.65. The molecule has 0 fully saturated rings. The van der Waals surface area contributed by atoms with Crippen LogP contribution in [0.3, 0.4) is 0 Å². The SMILES string of the molecule is CCC(NC(=O)OCC1c2ccccc2-c2ccccc21)C(C)=O. The highest BCUT2D eigenvalue weighted by molar-refractivity contribution is 5.85. The van der Waals surface area contributed by atoms with Crippen LogP contribution in [0.25, 0.3) is 11.1 Å². The Morgan fingerprint density at radius 3 is 2.08 bits per heavy atom. The van der Waals surface area contributed by atoms with Crippen LogP contribution >= 0.6 is 0 Å². The van der Waals surface area contributed by atoms with Gasteiger partial charge in [0.05, 0.1) is 6.04 Å². The highest BCUT2D eigenvalue weighted by atomic mass is 16.5. The van der Waals surface area contributed by atoms with Gasteiger partial charge in [-0.1, -0.05) is 55.5 Å². The highest BCUT2D eigenvalue weighted by Crippen LogP contribution is 2.44. The Balaban J connectivity index is 1.74. The Morgan fingerprint density at radius 2 is 1.58 bits per heavy atom. The smallest absolute Gasteiger partial charge is 0.407 e. The molecular weight excluding hydrogens is 302 g/mol. The number of carbonyl (C=O) groups excluding carboxylic acids is 2. The second kappa shape index (κ2) is 6.87. The summed E-state index contributed by atoms with van der Waals surface area (Å²) >= 11 is 0. The summed E-state index contributed by atoms with van der Waals surface area (Å²) in [7, 11) is 0. The molecule has 0 aliphatic heterocycles. The van der Waals surface area contributed by atoms with Crippen molar-refractivity contribution < 1.29 is 14.3 Å². The number of fused-ring (bicyclic) bond motifs is 3. The molecule has 1 amide bonds. The number of benzene rings is 2. The molecule has 0 heterocycles. The van der Waals surface area contributed by atoms with Crippen LogP contribution in [0.2, 0.25) is 0 Å². The number of hydrogen-bond donors (Lipinski definition) is 1. The monoisotopic (exact) mass is 323 g/mol. The van der Waals surface area contributed by atoms with Gasteiger partial charge in [0.15, 0.2) is 5.78 Å². The molecule has 4 heteroatoms. The molecule has 2 aromatic carbocycles. The van der Waals surface area contributed by atoms with E-state index in [1.165, 1.54) is 29.2 Å². The fraction of sp³-hybridized carbons (Fsp3) is 0.300. The molecule has 1 N–H and O–H groups in total. The van der Waals surface area contributed by atoms with Crippen molar-refractivity contribution >= 4 is 11.9 Å². The molecule has 0 radical (unpaired) electrons. The lowest BCUT2D eigenvalue weighted by molar-refractivity contribution is -0.118. The number of alkyl carbamates (subject to hydrolysis) is 1. The van der Waals surface area contributed by atoms with Gasteiger partial charge in [0.2, 0.25) is 0 Å². The minimum atomic E-state index is -0.543. The van der Waals surface area contributed by atoms with Crippen LogP contribution < -0.4 is 5.32 Å².